The third-order valence-electron chi connectivity index (χ3n) is 3.04. The number of anilines is 1. The highest BCUT2D eigenvalue weighted by Crippen LogP contribution is 2.24. The van der Waals surface area contributed by atoms with Gasteiger partial charge in [0.05, 0.1) is 5.52 Å². The quantitative estimate of drug-likeness (QED) is 0.877. The first-order chi connectivity index (χ1) is 8.31. The van der Waals surface area contributed by atoms with Crippen LogP contribution in [0.3, 0.4) is 0 Å². The number of hydrogen-bond acceptors (Lipinski definition) is 4. The van der Waals surface area contributed by atoms with Gasteiger partial charge in [0.25, 0.3) is 0 Å². The van der Waals surface area contributed by atoms with Gasteiger partial charge in [-0.3, -0.25) is 4.98 Å². The molecule has 1 aliphatic heterocycles. The summed E-state index contributed by atoms with van der Waals surface area (Å²) in [5.41, 5.74) is 2.39. The van der Waals surface area contributed by atoms with Crippen LogP contribution in [0.15, 0.2) is 27.4 Å². The van der Waals surface area contributed by atoms with Gasteiger partial charge in [-0.25, -0.2) is 4.79 Å². The lowest BCUT2D eigenvalue weighted by Crippen LogP contribution is -2.13. The molecule has 0 amide bonds. The van der Waals surface area contributed by atoms with Crippen molar-refractivity contribution >= 4 is 28.5 Å². The fourth-order valence-corrected chi connectivity index (χ4v) is 3.35. The van der Waals surface area contributed by atoms with E-state index in [0.717, 1.165) is 23.7 Å². The number of benzene rings is 1. The Morgan fingerprint density at radius 1 is 1.53 bits per heavy atom. The van der Waals surface area contributed by atoms with E-state index in [1.54, 1.807) is 0 Å². The SMILES string of the molecule is O=c1[nH]c2cc(NCC3CCSC3)ccc2o1. The van der Waals surface area contributed by atoms with Gasteiger partial charge in [-0.1, -0.05) is 0 Å². The lowest BCUT2D eigenvalue weighted by Gasteiger charge is -2.10. The molecule has 4 nitrogen and oxygen atoms in total. The second-order valence-electron chi connectivity index (χ2n) is 4.34. The lowest BCUT2D eigenvalue weighted by molar-refractivity contribution is 0.555. The maximum Gasteiger partial charge on any atom is 0.417 e. The van der Waals surface area contributed by atoms with E-state index < -0.39 is 5.76 Å². The second kappa shape index (κ2) is 4.49. The highest BCUT2D eigenvalue weighted by molar-refractivity contribution is 7.99. The number of oxazole rings is 1. The minimum absolute atomic E-state index is 0.399. The van der Waals surface area contributed by atoms with Gasteiger partial charge in [0.2, 0.25) is 0 Å². The maximum atomic E-state index is 11.0. The maximum absolute atomic E-state index is 11.0. The predicted molar refractivity (Wildman–Crippen MR) is 70.8 cm³/mol. The Hall–Kier alpha value is -1.36. The molecule has 17 heavy (non-hydrogen) atoms. The molecule has 1 atom stereocenters. The van der Waals surface area contributed by atoms with E-state index in [9.17, 15) is 4.79 Å². The smallest absolute Gasteiger partial charge is 0.408 e. The highest BCUT2D eigenvalue weighted by Gasteiger charge is 2.14. The summed E-state index contributed by atoms with van der Waals surface area (Å²) in [6, 6.07) is 5.68. The molecule has 1 aliphatic rings. The molecule has 2 aromatic rings. The molecule has 1 saturated heterocycles. The van der Waals surface area contributed by atoms with Crippen molar-refractivity contribution in [2.24, 2.45) is 5.92 Å². The molecule has 2 heterocycles. The zero-order valence-electron chi connectivity index (χ0n) is 9.36. The van der Waals surface area contributed by atoms with Crippen molar-refractivity contribution in [3.8, 4) is 0 Å². The number of nitrogens with one attached hydrogen (secondary N) is 2. The van der Waals surface area contributed by atoms with E-state index in [1.165, 1.54) is 17.9 Å². The van der Waals surface area contributed by atoms with Crippen molar-refractivity contribution in [1.29, 1.82) is 0 Å². The van der Waals surface area contributed by atoms with E-state index in [-0.39, 0.29) is 0 Å². The number of hydrogen-bond donors (Lipinski definition) is 2. The van der Waals surface area contributed by atoms with Crippen LogP contribution in [0.4, 0.5) is 5.69 Å². The van der Waals surface area contributed by atoms with Crippen molar-refractivity contribution in [3.63, 3.8) is 0 Å². The molecule has 0 saturated carbocycles. The molecule has 1 unspecified atom stereocenters. The lowest BCUT2D eigenvalue weighted by atomic mass is 10.1. The molecule has 90 valence electrons. The number of thioether (sulfide) groups is 1. The van der Waals surface area contributed by atoms with Crippen molar-refractivity contribution < 1.29 is 4.42 Å². The molecule has 2 N–H and O–H groups in total. The average molecular weight is 250 g/mol. The summed E-state index contributed by atoms with van der Waals surface area (Å²) < 4.78 is 4.96. The first-order valence-electron chi connectivity index (χ1n) is 5.76. The number of rotatable bonds is 3. The molecule has 1 fully saturated rings. The first-order valence-corrected chi connectivity index (χ1v) is 6.91. The molecular formula is C12H14N2O2S. The zero-order chi connectivity index (χ0) is 11.7. The van der Waals surface area contributed by atoms with Gasteiger partial charge in [-0.2, -0.15) is 11.8 Å². The summed E-state index contributed by atoms with van der Waals surface area (Å²) in [7, 11) is 0. The Kier molecular flexibility index (Phi) is 2.84. The van der Waals surface area contributed by atoms with Crippen LogP contribution in [0.1, 0.15) is 6.42 Å². The topological polar surface area (TPSA) is 58.0 Å². The van der Waals surface area contributed by atoms with Gasteiger partial charge in [-0.05, 0) is 42.0 Å². The van der Waals surface area contributed by atoms with Crippen LogP contribution >= 0.6 is 11.8 Å². The Morgan fingerprint density at radius 2 is 2.47 bits per heavy atom. The molecule has 5 heteroatoms. The van der Waals surface area contributed by atoms with E-state index in [2.05, 4.69) is 10.3 Å². The number of fused-ring (bicyclic) bond motifs is 1. The van der Waals surface area contributed by atoms with Gasteiger partial charge in [0, 0.05) is 12.2 Å². The van der Waals surface area contributed by atoms with Gasteiger partial charge < -0.3 is 9.73 Å². The third kappa shape index (κ3) is 2.34. The summed E-state index contributed by atoms with van der Waals surface area (Å²) in [6.45, 7) is 1.00. The van der Waals surface area contributed by atoms with Crippen LogP contribution in [0.25, 0.3) is 11.1 Å². The predicted octanol–water partition coefficient (Wildman–Crippen LogP) is 2.29. The monoisotopic (exact) mass is 250 g/mol. The molecule has 0 aliphatic carbocycles. The summed E-state index contributed by atoms with van der Waals surface area (Å²) in [5.74, 6) is 2.89. The molecular weight excluding hydrogens is 236 g/mol. The van der Waals surface area contributed by atoms with E-state index in [1.807, 2.05) is 30.0 Å². The van der Waals surface area contributed by atoms with Crippen LogP contribution in [0.2, 0.25) is 0 Å². The molecule has 0 spiro atoms. The first kappa shape index (κ1) is 10.8. The van der Waals surface area contributed by atoms with Crippen molar-refractivity contribution in [2.75, 3.05) is 23.4 Å². The number of H-pyrrole nitrogens is 1. The Labute approximate surface area is 103 Å². The van der Waals surface area contributed by atoms with Crippen LogP contribution in [0.5, 0.6) is 0 Å². The average Bonchev–Trinajstić information content (AvgIpc) is 2.92. The van der Waals surface area contributed by atoms with Gasteiger partial charge in [-0.15, -0.1) is 0 Å². The largest absolute Gasteiger partial charge is 0.417 e. The van der Waals surface area contributed by atoms with Crippen LogP contribution in [-0.4, -0.2) is 23.0 Å². The van der Waals surface area contributed by atoms with Gasteiger partial charge >= 0.3 is 5.76 Å². The summed E-state index contributed by atoms with van der Waals surface area (Å²) >= 11 is 2.02. The minimum atomic E-state index is -0.399. The molecule has 3 rings (SSSR count). The molecule has 1 aromatic heterocycles. The molecule has 0 radical (unpaired) electrons. The summed E-state index contributed by atoms with van der Waals surface area (Å²) in [6.07, 6.45) is 1.29. The number of aromatic amines is 1. The van der Waals surface area contributed by atoms with Crippen LogP contribution < -0.4 is 11.1 Å². The third-order valence-corrected chi connectivity index (χ3v) is 4.27. The standard InChI is InChI=1S/C12H14N2O2S/c15-12-14-10-5-9(1-2-11(10)16-12)13-6-8-3-4-17-7-8/h1-2,5,8,13H,3-4,6-7H2,(H,14,15). The van der Waals surface area contributed by atoms with Crippen molar-refractivity contribution in [2.45, 2.75) is 6.42 Å². The van der Waals surface area contributed by atoms with Crippen LogP contribution in [0, 0.1) is 5.92 Å². The Bertz CT molecular complexity index is 569. The van der Waals surface area contributed by atoms with E-state index >= 15 is 0 Å². The zero-order valence-corrected chi connectivity index (χ0v) is 10.2. The van der Waals surface area contributed by atoms with E-state index in [0.29, 0.717) is 5.58 Å². The summed E-state index contributed by atoms with van der Waals surface area (Å²) in [4.78, 5) is 13.7. The Morgan fingerprint density at radius 3 is 3.29 bits per heavy atom. The van der Waals surface area contributed by atoms with Gasteiger partial charge in [0.1, 0.15) is 0 Å². The summed E-state index contributed by atoms with van der Waals surface area (Å²) in [5, 5.41) is 3.41. The molecule has 1 aromatic carbocycles. The minimum Gasteiger partial charge on any atom is -0.408 e. The fourth-order valence-electron chi connectivity index (χ4n) is 2.07. The Balaban J connectivity index is 1.73. The highest BCUT2D eigenvalue weighted by atomic mass is 32.2. The number of aromatic nitrogens is 1. The van der Waals surface area contributed by atoms with Crippen LogP contribution in [-0.2, 0) is 0 Å². The molecule has 0 bridgehead atoms. The van der Waals surface area contributed by atoms with E-state index in [4.69, 9.17) is 4.42 Å². The van der Waals surface area contributed by atoms with Crippen molar-refractivity contribution in [3.05, 3.63) is 28.7 Å². The normalized spacial score (nSPS) is 19.9. The fraction of sp³-hybridized carbons (Fsp3) is 0.417. The van der Waals surface area contributed by atoms with Gasteiger partial charge in [0.15, 0.2) is 5.58 Å². The second-order valence-corrected chi connectivity index (χ2v) is 5.49. The van der Waals surface area contributed by atoms with Crippen molar-refractivity contribution in [1.82, 2.24) is 4.98 Å².